The quantitative estimate of drug-likeness (QED) is 0.149. The maximum absolute atomic E-state index is 8.67. The van der Waals surface area contributed by atoms with Crippen LogP contribution in [-0.4, -0.2) is 11.3 Å². The lowest BCUT2D eigenvalue weighted by molar-refractivity contribution is -0.453. The zero-order valence-corrected chi connectivity index (χ0v) is 20.4. The van der Waals surface area contributed by atoms with E-state index in [2.05, 4.69) is 72.6 Å². The maximum Gasteiger partial charge on any atom is 0.461 e. The van der Waals surface area contributed by atoms with Crippen molar-refractivity contribution in [1.29, 1.82) is 0 Å². The Balaban J connectivity index is 1.44. The van der Waals surface area contributed by atoms with Crippen LogP contribution in [0, 0.1) is 18.4 Å². The van der Waals surface area contributed by atoms with Gasteiger partial charge in [0.25, 0.3) is 0 Å². The van der Waals surface area contributed by atoms with Crippen LogP contribution in [0.15, 0.2) is 82.9 Å². The van der Waals surface area contributed by atoms with E-state index in [0.717, 1.165) is 44.8 Å². The maximum atomic E-state index is 8.67. The first-order valence-corrected chi connectivity index (χ1v) is 12.1. The summed E-state index contributed by atoms with van der Waals surface area (Å²) in [6.45, 7) is 12.1. The van der Waals surface area contributed by atoms with Crippen molar-refractivity contribution < 1.29 is 16.1 Å². The molecule has 4 heterocycles. The number of nitrogens with zero attached hydrogens (tertiary/aromatic N) is 2. The molecule has 172 valence electrons. The van der Waals surface area contributed by atoms with Crippen molar-refractivity contribution in [3.8, 4) is 0 Å². The first-order valence-electron chi connectivity index (χ1n) is 13.1. The number of hydrogen-bond acceptors (Lipinski definition) is 0. The lowest BCUT2D eigenvalue weighted by Gasteiger charge is -2.25. The molecule has 3 aromatic carbocycles. The molecule has 3 nitrogen and oxygen atoms in total. The molecule has 0 bridgehead atoms. The zero-order valence-electron chi connectivity index (χ0n) is 22.4. The molecule has 6 aromatic rings. The van der Waals surface area contributed by atoms with Crippen molar-refractivity contribution in [3.63, 3.8) is 0 Å². The number of fused-ring (bicyclic) bond motifs is 8. The van der Waals surface area contributed by atoms with E-state index in [0.29, 0.717) is 5.57 Å². The van der Waals surface area contributed by atoms with E-state index in [1.54, 1.807) is 4.58 Å². The summed E-state index contributed by atoms with van der Waals surface area (Å²) in [4.78, 5) is 0. The van der Waals surface area contributed by atoms with Gasteiger partial charge in [0.05, 0.1) is 12.2 Å². The van der Waals surface area contributed by atoms with E-state index in [1.807, 2.05) is 39.1 Å². The van der Waals surface area contributed by atoms with Crippen LogP contribution in [0.2, 0.25) is 0 Å². The largest absolute Gasteiger partial charge is 0.461 e. The van der Waals surface area contributed by atoms with Crippen molar-refractivity contribution in [2.45, 2.75) is 34.1 Å². The average Bonchev–Trinajstić information content (AvgIpc) is 3.48. The fourth-order valence-electron chi connectivity index (χ4n) is 5.65. The monoisotopic (exact) mass is 458 g/mol. The molecule has 3 heteroatoms. The van der Waals surface area contributed by atoms with Crippen molar-refractivity contribution >= 4 is 56.0 Å². The number of rotatable bonds is 2. The minimum Gasteiger partial charge on any atom is -0.285 e. The Bertz CT molecular complexity index is 1980. The molecule has 0 amide bonds. The standard InChI is InChI=1S/C32H28N2O/c1-19-15-28-25(16-24(19)26-14-13-20(18-33(26)5)17-32(2,3)4)29-23-11-8-10-22-21-9-6-7-12-27(21)34(30(22)23)31(29)35-28/h6-16,18H,5,17H2,1-4H3/i17D2. The van der Waals surface area contributed by atoms with Crippen LogP contribution in [0.4, 0.5) is 0 Å². The van der Waals surface area contributed by atoms with Crippen LogP contribution in [-0.2, 0) is 0 Å². The van der Waals surface area contributed by atoms with E-state index in [9.17, 15) is 0 Å². The van der Waals surface area contributed by atoms with Crippen molar-refractivity contribution in [1.82, 2.24) is 0 Å². The van der Waals surface area contributed by atoms with Crippen molar-refractivity contribution in [2.75, 3.05) is 0 Å². The van der Waals surface area contributed by atoms with Gasteiger partial charge in [0.2, 0.25) is 5.58 Å². The Morgan fingerprint density at radius 1 is 1.06 bits per heavy atom. The highest BCUT2D eigenvalue weighted by molar-refractivity contribution is 6.23. The molecule has 0 spiro atoms. The Morgan fingerprint density at radius 2 is 1.89 bits per heavy atom. The molecule has 0 atom stereocenters. The third kappa shape index (κ3) is 2.84. The van der Waals surface area contributed by atoms with Gasteiger partial charge >= 0.3 is 5.71 Å². The van der Waals surface area contributed by atoms with Gasteiger partial charge in [0.1, 0.15) is 17.8 Å². The van der Waals surface area contributed by atoms with Gasteiger partial charge in [0, 0.05) is 2.74 Å². The fraction of sp³-hybridized carbons (Fsp3) is 0.188. The molecule has 3 aromatic heterocycles. The van der Waals surface area contributed by atoms with Gasteiger partial charge in [0.15, 0.2) is 0 Å². The number of hydrogen-bond donors (Lipinski definition) is 0. The second-order valence-corrected chi connectivity index (χ2v) is 10.6. The summed E-state index contributed by atoms with van der Waals surface area (Å²) in [5.41, 5.74) is 6.32. The summed E-state index contributed by atoms with van der Waals surface area (Å²) in [5.74, 6) is 0. The van der Waals surface area contributed by atoms with Crippen LogP contribution in [0.1, 0.15) is 41.0 Å². The van der Waals surface area contributed by atoms with E-state index >= 15 is 0 Å². The Kier molecular flexibility index (Phi) is 3.56. The smallest absolute Gasteiger partial charge is 0.285 e. The summed E-state index contributed by atoms with van der Waals surface area (Å²) in [6.07, 6.45) is 4.22. The van der Waals surface area contributed by atoms with Gasteiger partial charge in [-0.3, -0.25) is 8.99 Å². The number of para-hydroxylation sites is 2. The number of allylic oxidation sites excluding steroid dienone is 2. The third-order valence-corrected chi connectivity index (χ3v) is 7.00. The highest BCUT2D eigenvalue weighted by atomic mass is 16.3. The number of aromatic nitrogens is 1. The molecule has 35 heavy (non-hydrogen) atoms. The SMILES string of the molecule is [2H]C([2H])(C1=C[N+](=C)[C-](c2cc3c(cc2C)[o+][c-]2c3c3cccc4c5cccc[c-]5[n+]2c43)C=C1)C(C)(C)C. The van der Waals surface area contributed by atoms with Crippen LogP contribution in [0.5, 0.6) is 0 Å². The van der Waals surface area contributed by atoms with E-state index < -0.39 is 11.8 Å². The molecule has 1 aliphatic rings. The second kappa shape index (κ2) is 6.79. The van der Waals surface area contributed by atoms with Crippen LogP contribution < -0.4 is 4.40 Å². The van der Waals surface area contributed by atoms with Gasteiger partial charge in [-0.05, 0) is 51.2 Å². The molecule has 0 fully saturated rings. The number of aryl methyl sites for hydroxylation is 1. The fourth-order valence-corrected chi connectivity index (χ4v) is 5.65. The molecular weight excluding hydrogens is 428 g/mol. The van der Waals surface area contributed by atoms with Crippen molar-refractivity contribution in [2.24, 2.45) is 5.41 Å². The minimum absolute atomic E-state index is 0.532. The second-order valence-electron chi connectivity index (χ2n) is 10.6. The summed E-state index contributed by atoms with van der Waals surface area (Å²) in [5, 5.41) is 5.85. The average molecular weight is 459 g/mol. The first-order chi connectivity index (χ1) is 17.6. The minimum atomic E-state index is -1.48. The molecule has 0 radical (unpaired) electrons. The van der Waals surface area contributed by atoms with E-state index in [1.165, 1.54) is 21.7 Å². The normalized spacial score (nSPS) is 16.3. The number of benzene rings is 3. The molecule has 0 aliphatic carbocycles. The van der Waals surface area contributed by atoms with Crippen LogP contribution >= 0.6 is 0 Å². The molecule has 0 unspecified atom stereocenters. The Hall–Kier alpha value is -3.98. The molecular formula is C32H28N2O. The molecule has 0 saturated carbocycles. The van der Waals surface area contributed by atoms with Gasteiger partial charge in [-0.2, -0.15) is 6.07 Å². The van der Waals surface area contributed by atoms with Gasteiger partial charge < -0.3 is 0 Å². The summed E-state index contributed by atoms with van der Waals surface area (Å²) in [7, 11) is 0. The molecule has 1 aliphatic heterocycles. The topological polar surface area (TPSA) is 18.4 Å². The van der Waals surface area contributed by atoms with Crippen molar-refractivity contribution in [3.05, 3.63) is 95.7 Å². The molecule has 0 N–H and O–H groups in total. The van der Waals surface area contributed by atoms with Crippen LogP contribution in [0.3, 0.4) is 0 Å². The van der Waals surface area contributed by atoms with E-state index in [4.69, 9.17) is 7.16 Å². The summed E-state index contributed by atoms with van der Waals surface area (Å²) >= 11 is 0. The molecule has 7 rings (SSSR count). The first kappa shape index (κ1) is 18.4. The zero-order chi connectivity index (χ0) is 25.9. The summed E-state index contributed by atoms with van der Waals surface area (Å²) < 4.78 is 27.9. The summed E-state index contributed by atoms with van der Waals surface area (Å²) in [6, 6.07) is 20.2. The third-order valence-electron chi connectivity index (χ3n) is 7.00. The predicted octanol–water partition coefficient (Wildman–Crippen LogP) is 7.58. The van der Waals surface area contributed by atoms with Gasteiger partial charge in [-0.25, -0.2) is 4.40 Å². The lowest BCUT2D eigenvalue weighted by atomic mass is 9.86. The highest BCUT2D eigenvalue weighted by Crippen LogP contribution is 2.41. The lowest BCUT2D eigenvalue weighted by Crippen LogP contribution is -2.17. The highest BCUT2D eigenvalue weighted by Gasteiger charge is 2.26. The molecule has 0 saturated heterocycles. The Labute approximate surface area is 207 Å². The van der Waals surface area contributed by atoms with Crippen LogP contribution in [0.25, 0.3) is 49.3 Å². The van der Waals surface area contributed by atoms with E-state index in [-0.39, 0.29) is 0 Å². The van der Waals surface area contributed by atoms with Gasteiger partial charge in [-0.15, -0.1) is 6.07 Å². The van der Waals surface area contributed by atoms with Gasteiger partial charge in [-0.1, -0.05) is 86.5 Å². The number of furan rings is 1. The predicted molar refractivity (Wildman–Crippen MR) is 144 cm³/mol. The Morgan fingerprint density at radius 3 is 2.69 bits per heavy atom.